The average Bonchev–Trinajstić information content (AvgIpc) is 2.34. The summed E-state index contributed by atoms with van der Waals surface area (Å²) in [5.41, 5.74) is 6.28. The van der Waals surface area contributed by atoms with Crippen molar-refractivity contribution in [2.75, 3.05) is 0 Å². The average molecular weight is 278 g/mol. The second-order valence-electron chi connectivity index (χ2n) is 6.02. The quantitative estimate of drug-likeness (QED) is 0.860. The highest BCUT2D eigenvalue weighted by Gasteiger charge is 2.37. The Bertz CT molecular complexity index is 535. The topological polar surface area (TPSA) is 63.4 Å². The van der Waals surface area contributed by atoms with Crippen molar-refractivity contribution in [1.29, 1.82) is 0 Å². The Morgan fingerprint density at radius 1 is 1.25 bits per heavy atom. The number of piperidine rings is 1. The van der Waals surface area contributed by atoms with E-state index in [9.17, 15) is 14.0 Å². The van der Waals surface area contributed by atoms with Crippen molar-refractivity contribution in [3.05, 3.63) is 35.1 Å². The maximum Gasteiger partial charge on any atom is 0.230 e. The lowest BCUT2D eigenvalue weighted by atomic mass is 9.81. The van der Waals surface area contributed by atoms with E-state index in [1.54, 1.807) is 12.1 Å². The summed E-state index contributed by atoms with van der Waals surface area (Å²) in [4.78, 5) is 25.4. The number of amides is 2. The largest absolute Gasteiger partial charge is 0.326 e. The van der Waals surface area contributed by atoms with Gasteiger partial charge in [-0.2, -0.15) is 0 Å². The highest BCUT2D eigenvalue weighted by Crippen LogP contribution is 2.32. The molecule has 0 radical (unpaired) electrons. The van der Waals surface area contributed by atoms with Crippen molar-refractivity contribution >= 4 is 11.8 Å². The minimum absolute atomic E-state index is 0.0919. The molecular formula is C15H19FN2O2. The van der Waals surface area contributed by atoms with Crippen molar-refractivity contribution in [3.8, 4) is 0 Å². The van der Waals surface area contributed by atoms with Crippen molar-refractivity contribution in [2.45, 2.75) is 39.8 Å². The van der Waals surface area contributed by atoms with E-state index in [1.807, 2.05) is 13.8 Å². The Labute approximate surface area is 117 Å². The third-order valence-corrected chi connectivity index (χ3v) is 3.53. The summed E-state index contributed by atoms with van der Waals surface area (Å²) in [5, 5.41) is 0. The van der Waals surface area contributed by atoms with E-state index in [0.29, 0.717) is 24.0 Å². The second-order valence-corrected chi connectivity index (χ2v) is 6.02. The van der Waals surface area contributed by atoms with Crippen LogP contribution >= 0.6 is 0 Å². The van der Waals surface area contributed by atoms with Crippen LogP contribution in [0, 0.1) is 11.2 Å². The number of nitrogens with two attached hydrogens (primary N) is 1. The standard InChI is InChI=1S/C15H19FN2O2/c1-15(2)6-13(19)18(14(20)7-15)9-10-3-4-12(16)11(5-10)8-17/h3-5H,6-9,17H2,1-2H3. The first-order chi connectivity index (χ1) is 9.32. The summed E-state index contributed by atoms with van der Waals surface area (Å²) >= 11 is 0. The second kappa shape index (κ2) is 5.32. The van der Waals surface area contributed by atoms with E-state index in [1.165, 1.54) is 11.0 Å². The zero-order valence-corrected chi connectivity index (χ0v) is 11.8. The number of hydrogen-bond acceptors (Lipinski definition) is 3. The van der Waals surface area contributed by atoms with E-state index in [-0.39, 0.29) is 36.1 Å². The fourth-order valence-electron chi connectivity index (χ4n) is 2.45. The first kappa shape index (κ1) is 14.7. The number of carbonyl (C=O) groups excluding carboxylic acids is 2. The predicted octanol–water partition coefficient (Wildman–Crippen LogP) is 1.96. The van der Waals surface area contributed by atoms with Gasteiger partial charge in [0.1, 0.15) is 5.82 Å². The van der Waals surface area contributed by atoms with E-state index in [2.05, 4.69) is 0 Å². The van der Waals surface area contributed by atoms with Crippen LogP contribution in [0.3, 0.4) is 0 Å². The number of nitrogens with zero attached hydrogens (tertiary/aromatic N) is 1. The van der Waals surface area contributed by atoms with E-state index >= 15 is 0 Å². The van der Waals surface area contributed by atoms with Crippen molar-refractivity contribution in [1.82, 2.24) is 4.90 Å². The number of imide groups is 1. The van der Waals surface area contributed by atoms with Gasteiger partial charge in [0.25, 0.3) is 0 Å². The normalized spacial score (nSPS) is 18.5. The molecule has 0 aliphatic carbocycles. The molecule has 0 saturated carbocycles. The van der Waals surface area contributed by atoms with Crippen LogP contribution in [0.4, 0.5) is 4.39 Å². The van der Waals surface area contributed by atoms with Gasteiger partial charge in [-0.05, 0) is 23.1 Å². The predicted molar refractivity (Wildman–Crippen MR) is 72.9 cm³/mol. The molecule has 2 rings (SSSR count). The first-order valence-electron chi connectivity index (χ1n) is 6.63. The Hall–Kier alpha value is -1.75. The molecule has 4 nitrogen and oxygen atoms in total. The van der Waals surface area contributed by atoms with Gasteiger partial charge in [0.05, 0.1) is 6.54 Å². The van der Waals surface area contributed by atoms with Crippen molar-refractivity contribution in [3.63, 3.8) is 0 Å². The lowest BCUT2D eigenvalue weighted by Crippen LogP contribution is -2.45. The molecule has 5 heteroatoms. The highest BCUT2D eigenvalue weighted by atomic mass is 19.1. The van der Waals surface area contributed by atoms with Gasteiger partial charge in [-0.15, -0.1) is 0 Å². The van der Waals surface area contributed by atoms with Crippen LogP contribution in [0.1, 0.15) is 37.8 Å². The molecule has 20 heavy (non-hydrogen) atoms. The summed E-state index contributed by atoms with van der Waals surface area (Å²) < 4.78 is 13.4. The fourth-order valence-corrected chi connectivity index (χ4v) is 2.45. The van der Waals surface area contributed by atoms with E-state index < -0.39 is 0 Å². The Morgan fingerprint density at radius 3 is 2.40 bits per heavy atom. The Kier molecular flexibility index (Phi) is 3.90. The molecule has 0 spiro atoms. The lowest BCUT2D eigenvalue weighted by Gasteiger charge is -2.34. The van der Waals surface area contributed by atoms with Crippen LogP contribution in [-0.2, 0) is 22.7 Å². The molecular weight excluding hydrogens is 259 g/mol. The highest BCUT2D eigenvalue weighted by molar-refractivity contribution is 5.98. The SMILES string of the molecule is CC1(C)CC(=O)N(Cc2ccc(F)c(CN)c2)C(=O)C1. The molecule has 1 aromatic rings. The number of carbonyl (C=O) groups is 2. The Balaban J connectivity index is 2.18. The van der Waals surface area contributed by atoms with Gasteiger partial charge >= 0.3 is 0 Å². The number of halogens is 1. The monoisotopic (exact) mass is 278 g/mol. The molecule has 1 saturated heterocycles. The smallest absolute Gasteiger partial charge is 0.230 e. The summed E-state index contributed by atoms with van der Waals surface area (Å²) in [5.74, 6) is -0.719. The van der Waals surface area contributed by atoms with Crippen LogP contribution in [0.25, 0.3) is 0 Å². The summed E-state index contributed by atoms with van der Waals surface area (Å²) in [6, 6.07) is 4.50. The van der Waals surface area contributed by atoms with Crippen LogP contribution in [0.5, 0.6) is 0 Å². The molecule has 1 fully saturated rings. The van der Waals surface area contributed by atoms with Crippen molar-refractivity contribution in [2.24, 2.45) is 11.1 Å². The maximum absolute atomic E-state index is 13.4. The Morgan fingerprint density at radius 2 is 1.85 bits per heavy atom. The molecule has 0 bridgehead atoms. The first-order valence-corrected chi connectivity index (χ1v) is 6.63. The minimum atomic E-state index is -0.367. The molecule has 0 aromatic heterocycles. The maximum atomic E-state index is 13.4. The van der Waals surface area contributed by atoms with Gasteiger partial charge < -0.3 is 5.73 Å². The van der Waals surface area contributed by atoms with Crippen LogP contribution in [-0.4, -0.2) is 16.7 Å². The van der Waals surface area contributed by atoms with E-state index in [4.69, 9.17) is 5.73 Å². The number of hydrogen-bond donors (Lipinski definition) is 1. The van der Waals surface area contributed by atoms with Crippen molar-refractivity contribution < 1.29 is 14.0 Å². The summed E-state index contributed by atoms with van der Waals surface area (Å²) in [6.07, 6.45) is 0.702. The van der Waals surface area contributed by atoms with Crippen LogP contribution < -0.4 is 5.73 Å². The van der Waals surface area contributed by atoms with Gasteiger partial charge in [0, 0.05) is 24.9 Å². The van der Waals surface area contributed by atoms with Crippen LogP contribution in [0.15, 0.2) is 18.2 Å². The molecule has 108 valence electrons. The van der Waals surface area contributed by atoms with Gasteiger partial charge in [-0.1, -0.05) is 19.9 Å². The molecule has 1 heterocycles. The summed E-state index contributed by atoms with van der Waals surface area (Å²) in [7, 11) is 0. The number of benzene rings is 1. The lowest BCUT2D eigenvalue weighted by molar-refractivity contribution is -0.153. The van der Waals surface area contributed by atoms with Gasteiger partial charge in [0.2, 0.25) is 11.8 Å². The molecule has 1 aliphatic rings. The molecule has 2 N–H and O–H groups in total. The third kappa shape index (κ3) is 3.04. The minimum Gasteiger partial charge on any atom is -0.326 e. The molecule has 1 aliphatic heterocycles. The summed E-state index contributed by atoms with van der Waals surface area (Å²) in [6.45, 7) is 4.09. The zero-order chi connectivity index (χ0) is 14.9. The van der Waals surface area contributed by atoms with E-state index in [0.717, 1.165) is 0 Å². The fraction of sp³-hybridized carbons (Fsp3) is 0.467. The molecule has 2 amide bonds. The van der Waals surface area contributed by atoms with Gasteiger partial charge in [0.15, 0.2) is 0 Å². The number of likely N-dealkylation sites (tertiary alicyclic amines) is 1. The third-order valence-electron chi connectivity index (χ3n) is 3.53. The van der Waals surface area contributed by atoms with Gasteiger partial charge in [-0.25, -0.2) is 4.39 Å². The molecule has 0 atom stereocenters. The molecule has 1 aromatic carbocycles. The molecule has 0 unspecified atom stereocenters. The number of rotatable bonds is 3. The zero-order valence-electron chi connectivity index (χ0n) is 11.8. The van der Waals surface area contributed by atoms with Gasteiger partial charge in [-0.3, -0.25) is 14.5 Å². The van der Waals surface area contributed by atoms with Crippen LogP contribution in [0.2, 0.25) is 0 Å².